The monoisotopic (exact) mass is 288 g/mol. The zero-order chi connectivity index (χ0) is 15.1. The fourth-order valence-electron chi connectivity index (χ4n) is 2.12. The maximum atomic E-state index is 13.0. The molecule has 1 amide bonds. The molecule has 1 N–H and O–H groups in total. The molecule has 0 aliphatic rings. The van der Waals surface area contributed by atoms with Crippen molar-refractivity contribution in [2.45, 2.75) is 12.3 Å². The van der Waals surface area contributed by atoms with Crippen LogP contribution < -0.4 is 5.32 Å². The third kappa shape index (κ3) is 4.56. The molecule has 0 fully saturated rings. The molecule has 1 aromatic heterocycles. The van der Waals surface area contributed by atoms with Crippen molar-refractivity contribution < 1.29 is 13.9 Å². The van der Waals surface area contributed by atoms with Gasteiger partial charge in [0.25, 0.3) is 0 Å². The summed E-state index contributed by atoms with van der Waals surface area (Å²) in [6.45, 7) is 0.410. The Kier molecular flexibility index (Phi) is 5.26. The van der Waals surface area contributed by atoms with Crippen LogP contribution in [0, 0.1) is 5.82 Å². The number of rotatable bonds is 5. The van der Waals surface area contributed by atoms with Crippen LogP contribution in [-0.2, 0) is 11.2 Å². The van der Waals surface area contributed by atoms with Gasteiger partial charge in [-0.3, -0.25) is 4.98 Å². The molecule has 1 aromatic carbocycles. The molecule has 5 heteroatoms. The van der Waals surface area contributed by atoms with Crippen LogP contribution in [0.5, 0.6) is 0 Å². The van der Waals surface area contributed by atoms with E-state index in [4.69, 9.17) is 0 Å². The van der Waals surface area contributed by atoms with Crippen LogP contribution in [0.25, 0.3) is 0 Å². The van der Waals surface area contributed by atoms with Crippen LogP contribution in [0.3, 0.4) is 0 Å². The summed E-state index contributed by atoms with van der Waals surface area (Å²) >= 11 is 0. The second-order valence-corrected chi connectivity index (χ2v) is 4.69. The van der Waals surface area contributed by atoms with E-state index in [0.29, 0.717) is 13.0 Å². The molecule has 1 unspecified atom stereocenters. The number of ether oxygens (including phenoxy) is 1. The van der Waals surface area contributed by atoms with Gasteiger partial charge in [-0.05, 0) is 35.7 Å². The largest absolute Gasteiger partial charge is 0.453 e. The summed E-state index contributed by atoms with van der Waals surface area (Å²) in [6, 6.07) is 10.1. The molecule has 0 radical (unpaired) electrons. The second-order valence-electron chi connectivity index (χ2n) is 4.69. The fourth-order valence-corrected chi connectivity index (χ4v) is 2.12. The summed E-state index contributed by atoms with van der Waals surface area (Å²) in [7, 11) is 1.32. The zero-order valence-electron chi connectivity index (χ0n) is 11.8. The van der Waals surface area contributed by atoms with E-state index in [2.05, 4.69) is 15.0 Å². The highest BCUT2D eigenvalue weighted by Crippen LogP contribution is 2.20. The van der Waals surface area contributed by atoms with Crippen molar-refractivity contribution in [3.05, 3.63) is 65.7 Å². The average Bonchev–Trinajstić information content (AvgIpc) is 2.53. The topological polar surface area (TPSA) is 51.2 Å². The van der Waals surface area contributed by atoms with E-state index in [1.165, 1.54) is 19.2 Å². The first-order valence-electron chi connectivity index (χ1n) is 6.65. The molecule has 21 heavy (non-hydrogen) atoms. The smallest absolute Gasteiger partial charge is 0.406 e. The third-order valence-electron chi connectivity index (χ3n) is 3.22. The van der Waals surface area contributed by atoms with Crippen LogP contribution >= 0.6 is 0 Å². The third-order valence-corrected chi connectivity index (χ3v) is 3.22. The maximum Gasteiger partial charge on any atom is 0.406 e. The molecule has 0 spiro atoms. The zero-order valence-corrected chi connectivity index (χ0v) is 11.8. The summed E-state index contributed by atoms with van der Waals surface area (Å²) in [5, 5.41) is 2.69. The highest BCUT2D eigenvalue weighted by atomic mass is 19.1. The van der Waals surface area contributed by atoms with Crippen molar-refractivity contribution in [3.63, 3.8) is 0 Å². The SMILES string of the molecule is COC(=O)NCC(Cc1cccnc1)c1ccc(F)cc1. The van der Waals surface area contributed by atoms with Crippen molar-refractivity contribution in [2.24, 2.45) is 0 Å². The summed E-state index contributed by atoms with van der Waals surface area (Å²) < 4.78 is 17.6. The number of halogens is 1. The van der Waals surface area contributed by atoms with Gasteiger partial charge in [-0.2, -0.15) is 0 Å². The average molecular weight is 288 g/mol. The lowest BCUT2D eigenvalue weighted by atomic mass is 9.92. The summed E-state index contributed by atoms with van der Waals surface area (Å²) in [5.41, 5.74) is 2.01. The Bertz CT molecular complexity index is 573. The number of hydrogen-bond donors (Lipinski definition) is 1. The number of benzene rings is 1. The number of nitrogens with one attached hydrogen (secondary N) is 1. The van der Waals surface area contributed by atoms with Crippen LogP contribution in [0.1, 0.15) is 17.0 Å². The molecule has 4 nitrogen and oxygen atoms in total. The highest BCUT2D eigenvalue weighted by Gasteiger charge is 2.14. The van der Waals surface area contributed by atoms with E-state index in [9.17, 15) is 9.18 Å². The molecule has 0 saturated heterocycles. The molecule has 0 saturated carbocycles. The predicted octanol–water partition coefficient (Wildman–Crippen LogP) is 2.90. The molecule has 0 bridgehead atoms. The molecule has 0 aliphatic carbocycles. The van der Waals surface area contributed by atoms with Gasteiger partial charge in [-0.15, -0.1) is 0 Å². The van der Waals surface area contributed by atoms with Crippen molar-refractivity contribution in [1.29, 1.82) is 0 Å². The molecule has 110 valence electrons. The van der Waals surface area contributed by atoms with Crippen molar-refractivity contribution in [2.75, 3.05) is 13.7 Å². The second kappa shape index (κ2) is 7.38. The number of nitrogens with zero attached hydrogens (tertiary/aromatic N) is 1. The summed E-state index contributed by atoms with van der Waals surface area (Å²) in [4.78, 5) is 15.3. The Morgan fingerprint density at radius 2 is 2.10 bits per heavy atom. The minimum Gasteiger partial charge on any atom is -0.453 e. The number of methoxy groups -OCH3 is 1. The summed E-state index contributed by atoms with van der Waals surface area (Å²) in [5.74, 6) is -0.256. The van der Waals surface area contributed by atoms with Gasteiger partial charge in [0.05, 0.1) is 7.11 Å². The number of pyridine rings is 1. The lowest BCUT2D eigenvalue weighted by Gasteiger charge is -2.18. The van der Waals surface area contributed by atoms with Crippen LogP contribution in [0.4, 0.5) is 9.18 Å². The first-order chi connectivity index (χ1) is 10.2. The Labute approximate surface area is 123 Å². The molecule has 0 aliphatic heterocycles. The quantitative estimate of drug-likeness (QED) is 0.920. The maximum absolute atomic E-state index is 13.0. The predicted molar refractivity (Wildman–Crippen MR) is 77.5 cm³/mol. The van der Waals surface area contributed by atoms with E-state index >= 15 is 0 Å². The van der Waals surface area contributed by atoms with Crippen molar-refractivity contribution >= 4 is 6.09 Å². The molecule has 2 rings (SSSR count). The Balaban J connectivity index is 2.13. The fraction of sp³-hybridized carbons (Fsp3) is 0.250. The summed E-state index contributed by atoms with van der Waals surface area (Å²) in [6.07, 6.45) is 3.72. The lowest BCUT2D eigenvalue weighted by molar-refractivity contribution is 0.170. The van der Waals surface area contributed by atoms with Gasteiger partial charge in [0.15, 0.2) is 0 Å². The number of hydrogen-bond acceptors (Lipinski definition) is 3. The van der Waals surface area contributed by atoms with Crippen LogP contribution in [-0.4, -0.2) is 24.7 Å². The minimum atomic E-state index is -0.478. The highest BCUT2D eigenvalue weighted by molar-refractivity contribution is 5.66. The van der Waals surface area contributed by atoms with Gasteiger partial charge in [-0.25, -0.2) is 9.18 Å². The van der Waals surface area contributed by atoms with Crippen molar-refractivity contribution in [3.8, 4) is 0 Å². The van der Waals surface area contributed by atoms with Gasteiger partial charge >= 0.3 is 6.09 Å². The molecule has 1 atom stereocenters. The van der Waals surface area contributed by atoms with E-state index in [0.717, 1.165) is 11.1 Å². The van der Waals surface area contributed by atoms with Crippen LogP contribution in [0.15, 0.2) is 48.8 Å². The number of carbonyl (C=O) groups excluding carboxylic acids is 1. The number of aromatic nitrogens is 1. The van der Waals surface area contributed by atoms with E-state index in [1.807, 2.05) is 12.1 Å². The molecule has 2 aromatic rings. The standard InChI is InChI=1S/C16H17FN2O2/c1-21-16(20)19-11-14(9-12-3-2-8-18-10-12)13-4-6-15(17)7-5-13/h2-8,10,14H,9,11H2,1H3,(H,19,20). The van der Waals surface area contributed by atoms with Gasteiger partial charge in [-0.1, -0.05) is 18.2 Å². The Morgan fingerprint density at radius 1 is 1.33 bits per heavy atom. The van der Waals surface area contributed by atoms with Gasteiger partial charge in [0, 0.05) is 24.9 Å². The molecular formula is C16H17FN2O2. The van der Waals surface area contributed by atoms with E-state index in [1.54, 1.807) is 24.5 Å². The number of amides is 1. The number of alkyl carbamates (subject to hydrolysis) is 1. The Morgan fingerprint density at radius 3 is 2.71 bits per heavy atom. The van der Waals surface area contributed by atoms with Crippen LogP contribution in [0.2, 0.25) is 0 Å². The van der Waals surface area contributed by atoms with Gasteiger partial charge < -0.3 is 10.1 Å². The van der Waals surface area contributed by atoms with Gasteiger partial charge in [0.1, 0.15) is 5.82 Å². The van der Waals surface area contributed by atoms with E-state index in [-0.39, 0.29) is 11.7 Å². The normalized spacial score (nSPS) is 11.7. The molecular weight excluding hydrogens is 271 g/mol. The first kappa shape index (κ1) is 15.0. The minimum absolute atomic E-state index is 0.0221. The van der Waals surface area contributed by atoms with Crippen molar-refractivity contribution in [1.82, 2.24) is 10.3 Å². The lowest BCUT2D eigenvalue weighted by Crippen LogP contribution is -2.29. The van der Waals surface area contributed by atoms with E-state index < -0.39 is 6.09 Å². The Hall–Kier alpha value is -2.43. The number of carbonyl (C=O) groups is 1. The van der Waals surface area contributed by atoms with Gasteiger partial charge in [0.2, 0.25) is 0 Å². The molecule has 1 heterocycles. The first-order valence-corrected chi connectivity index (χ1v) is 6.65.